The highest BCUT2D eigenvalue weighted by Gasteiger charge is 2.20. The van der Waals surface area contributed by atoms with Crippen LogP contribution in [0.1, 0.15) is 38.1 Å². The molecule has 0 spiro atoms. The predicted octanol–water partition coefficient (Wildman–Crippen LogP) is 1.83. The van der Waals surface area contributed by atoms with Crippen LogP contribution in [0.3, 0.4) is 0 Å². The van der Waals surface area contributed by atoms with Gasteiger partial charge < -0.3 is 16.0 Å². The van der Waals surface area contributed by atoms with Crippen LogP contribution in [0.5, 0.6) is 0 Å². The first kappa shape index (κ1) is 14.1. The molecule has 5 heteroatoms. The lowest BCUT2D eigenvalue weighted by atomic mass is 10.1. The Labute approximate surface area is 115 Å². The Bertz CT molecular complexity index is 432. The van der Waals surface area contributed by atoms with Gasteiger partial charge in [0.2, 0.25) is 0 Å². The van der Waals surface area contributed by atoms with Crippen molar-refractivity contribution in [1.29, 1.82) is 0 Å². The third-order valence-corrected chi connectivity index (χ3v) is 3.84. The second-order valence-electron chi connectivity index (χ2n) is 5.23. The third kappa shape index (κ3) is 3.35. The van der Waals surface area contributed by atoms with Gasteiger partial charge in [-0.3, -0.25) is 0 Å². The molecule has 1 fully saturated rings. The summed E-state index contributed by atoms with van der Waals surface area (Å²) in [5.41, 5.74) is 6.92. The van der Waals surface area contributed by atoms with E-state index in [9.17, 15) is 0 Å². The number of hydrogen-bond donors (Lipinski definition) is 2. The minimum absolute atomic E-state index is 0.464. The number of aromatic nitrogens is 2. The van der Waals surface area contributed by atoms with Gasteiger partial charge in [-0.2, -0.15) is 0 Å². The topological polar surface area (TPSA) is 67.1 Å². The number of nitrogens with two attached hydrogens (primary N) is 1. The number of aryl methyl sites for hydroxylation is 1. The summed E-state index contributed by atoms with van der Waals surface area (Å²) in [6.45, 7) is 9.65. The summed E-state index contributed by atoms with van der Waals surface area (Å²) in [4.78, 5) is 11.3. The van der Waals surface area contributed by atoms with Crippen molar-refractivity contribution in [2.24, 2.45) is 0 Å². The molecule has 0 aromatic carbocycles. The van der Waals surface area contributed by atoms with Crippen LogP contribution in [0, 0.1) is 6.92 Å². The maximum absolute atomic E-state index is 5.95. The molecule has 3 N–H and O–H groups in total. The van der Waals surface area contributed by atoms with E-state index < -0.39 is 0 Å². The molecule has 2 rings (SSSR count). The summed E-state index contributed by atoms with van der Waals surface area (Å²) in [7, 11) is 0. The van der Waals surface area contributed by atoms with E-state index in [-0.39, 0.29) is 0 Å². The molecular weight excluding hydrogens is 238 g/mol. The van der Waals surface area contributed by atoms with E-state index in [2.05, 4.69) is 27.1 Å². The molecule has 0 saturated carbocycles. The second-order valence-corrected chi connectivity index (χ2v) is 5.23. The van der Waals surface area contributed by atoms with Gasteiger partial charge in [0.05, 0.1) is 0 Å². The fourth-order valence-electron chi connectivity index (χ4n) is 2.53. The lowest BCUT2D eigenvalue weighted by Crippen LogP contribution is -2.42. The van der Waals surface area contributed by atoms with Gasteiger partial charge in [-0.05, 0) is 32.9 Å². The van der Waals surface area contributed by atoms with Gasteiger partial charge in [-0.15, -0.1) is 0 Å². The highest BCUT2D eigenvalue weighted by molar-refractivity contribution is 5.55. The van der Waals surface area contributed by atoms with Crippen LogP contribution in [0.25, 0.3) is 0 Å². The average Bonchev–Trinajstić information content (AvgIpc) is 2.43. The smallest absolute Gasteiger partial charge is 0.135 e. The van der Waals surface area contributed by atoms with E-state index in [1.54, 1.807) is 0 Å². The van der Waals surface area contributed by atoms with E-state index in [0.29, 0.717) is 11.9 Å². The number of piperidine rings is 1. The Morgan fingerprint density at radius 2 is 2.16 bits per heavy atom. The van der Waals surface area contributed by atoms with Crippen LogP contribution < -0.4 is 11.1 Å². The standard InChI is InChI=1S/C14H25N5/c1-4-12-17-13(15)10(3)14(18-12)16-11-7-6-8-19(5-2)9-11/h11H,4-9H2,1-3H3,(H3,15,16,17,18). The van der Waals surface area contributed by atoms with E-state index in [1.165, 1.54) is 19.4 Å². The van der Waals surface area contributed by atoms with Gasteiger partial charge in [0.25, 0.3) is 0 Å². The zero-order valence-corrected chi connectivity index (χ0v) is 12.2. The quantitative estimate of drug-likeness (QED) is 0.867. The Morgan fingerprint density at radius 3 is 2.84 bits per heavy atom. The van der Waals surface area contributed by atoms with E-state index in [1.807, 2.05) is 13.8 Å². The van der Waals surface area contributed by atoms with Gasteiger partial charge in [-0.25, -0.2) is 9.97 Å². The zero-order valence-electron chi connectivity index (χ0n) is 12.2. The van der Waals surface area contributed by atoms with Crippen molar-refractivity contribution in [1.82, 2.24) is 14.9 Å². The maximum Gasteiger partial charge on any atom is 0.135 e. The molecule has 106 valence electrons. The molecule has 2 heterocycles. The Hall–Kier alpha value is -1.36. The second kappa shape index (κ2) is 6.19. The number of likely N-dealkylation sites (tertiary alicyclic amines) is 1. The number of rotatable bonds is 4. The summed E-state index contributed by atoms with van der Waals surface area (Å²) in [6.07, 6.45) is 3.25. The molecule has 1 atom stereocenters. The van der Waals surface area contributed by atoms with Crippen LogP contribution >= 0.6 is 0 Å². The Kier molecular flexibility index (Phi) is 4.58. The highest BCUT2D eigenvalue weighted by Crippen LogP contribution is 2.21. The van der Waals surface area contributed by atoms with Gasteiger partial charge in [0.15, 0.2) is 0 Å². The highest BCUT2D eigenvalue weighted by atomic mass is 15.2. The van der Waals surface area contributed by atoms with Crippen molar-refractivity contribution in [3.05, 3.63) is 11.4 Å². The maximum atomic E-state index is 5.95. The van der Waals surface area contributed by atoms with Gasteiger partial charge in [0, 0.05) is 24.6 Å². The zero-order chi connectivity index (χ0) is 13.8. The molecule has 0 aliphatic carbocycles. The van der Waals surface area contributed by atoms with Crippen molar-refractivity contribution in [3.8, 4) is 0 Å². The molecule has 0 radical (unpaired) electrons. The van der Waals surface area contributed by atoms with Crippen LogP contribution in [0.15, 0.2) is 0 Å². The first-order valence-electron chi connectivity index (χ1n) is 7.25. The summed E-state index contributed by atoms with van der Waals surface area (Å²) < 4.78 is 0. The van der Waals surface area contributed by atoms with Crippen molar-refractivity contribution in [2.75, 3.05) is 30.7 Å². The summed E-state index contributed by atoms with van der Waals surface area (Å²) in [6, 6.07) is 0.464. The molecule has 19 heavy (non-hydrogen) atoms. The van der Waals surface area contributed by atoms with Gasteiger partial charge >= 0.3 is 0 Å². The summed E-state index contributed by atoms with van der Waals surface area (Å²) in [5.74, 6) is 2.32. The number of nitrogen functional groups attached to an aromatic ring is 1. The molecule has 0 amide bonds. The monoisotopic (exact) mass is 263 g/mol. The molecule has 1 saturated heterocycles. The molecule has 1 unspecified atom stereocenters. The SMILES string of the molecule is CCc1nc(N)c(C)c(NC2CCCN(CC)C2)n1. The third-order valence-electron chi connectivity index (χ3n) is 3.84. The molecule has 1 aliphatic rings. The van der Waals surface area contributed by atoms with E-state index in [0.717, 1.165) is 36.7 Å². The molecular formula is C14H25N5. The lowest BCUT2D eigenvalue weighted by Gasteiger charge is -2.32. The largest absolute Gasteiger partial charge is 0.383 e. The first-order chi connectivity index (χ1) is 9.13. The molecule has 1 aliphatic heterocycles. The minimum atomic E-state index is 0.464. The number of likely N-dealkylation sites (N-methyl/N-ethyl adjacent to an activating group) is 1. The van der Waals surface area contributed by atoms with Crippen LogP contribution in [0.2, 0.25) is 0 Å². The fraction of sp³-hybridized carbons (Fsp3) is 0.714. The Balaban J connectivity index is 2.11. The molecule has 0 bridgehead atoms. The molecule has 1 aromatic rings. The average molecular weight is 263 g/mol. The number of nitrogens with one attached hydrogen (secondary N) is 1. The molecule has 5 nitrogen and oxygen atoms in total. The summed E-state index contributed by atoms with van der Waals surface area (Å²) in [5, 5.41) is 3.56. The molecule has 1 aromatic heterocycles. The van der Waals surface area contributed by atoms with Crippen molar-refractivity contribution >= 4 is 11.6 Å². The van der Waals surface area contributed by atoms with Crippen LogP contribution in [-0.4, -0.2) is 40.5 Å². The van der Waals surface area contributed by atoms with Crippen LogP contribution in [-0.2, 0) is 6.42 Å². The predicted molar refractivity (Wildman–Crippen MR) is 79.3 cm³/mol. The van der Waals surface area contributed by atoms with Gasteiger partial charge in [0.1, 0.15) is 17.5 Å². The first-order valence-corrected chi connectivity index (χ1v) is 7.25. The van der Waals surface area contributed by atoms with Gasteiger partial charge in [-0.1, -0.05) is 13.8 Å². The normalized spacial score (nSPS) is 20.5. The van der Waals surface area contributed by atoms with E-state index in [4.69, 9.17) is 5.73 Å². The van der Waals surface area contributed by atoms with Crippen molar-refractivity contribution in [3.63, 3.8) is 0 Å². The fourth-order valence-corrected chi connectivity index (χ4v) is 2.53. The Morgan fingerprint density at radius 1 is 1.37 bits per heavy atom. The van der Waals surface area contributed by atoms with Crippen LogP contribution in [0.4, 0.5) is 11.6 Å². The number of nitrogens with zero attached hydrogens (tertiary/aromatic N) is 3. The minimum Gasteiger partial charge on any atom is -0.383 e. The lowest BCUT2D eigenvalue weighted by molar-refractivity contribution is 0.226. The number of anilines is 2. The summed E-state index contributed by atoms with van der Waals surface area (Å²) >= 11 is 0. The van der Waals surface area contributed by atoms with Crippen molar-refractivity contribution < 1.29 is 0 Å². The van der Waals surface area contributed by atoms with Crippen molar-refractivity contribution in [2.45, 2.75) is 46.1 Å². The van der Waals surface area contributed by atoms with E-state index >= 15 is 0 Å². The number of hydrogen-bond acceptors (Lipinski definition) is 5.